The Morgan fingerprint density at radius 1 is 1.19 bits per heavy atom. The fraction of sp³-hybridized carbons (Fsp3) is 0.400. The maximum absolute atomic E-state index is 13.1. The van der Waals surface area contributed by atoms with Crippen LogP contribution in [0.25, 0.3) is 27.8 Å². The smallest absolute Gasteiger partial charge is 0.318 e. The van der Waals surface area contributed by atoms with Crippen molar-refractivity contribution in [3.63, 3.8) is 0 Å². The van der Waals surface area contributed by atoms with Gasteiger partial charge in [-0.2, -0.15) is 5.10 Å². The number of benzene rings is 2. The zero-order valence-corrected chi connectivity index (χ0v) is 22.7. The van der Waals surface area contributed by atoms with Crippen molar-refractivity contribution < 1.29 is 9.53 Å². The average molecular weight is 500 g/mol. The lowest BCUT2D eigenvalue weighted by Crippen LogP contribution is -2.49. The first kappa shape index (κ1) is 24.9. The van der Waals surface area contributed by atoms with E-state index in [1.807, 2.05) is 44.0 Å². The second-order valence-corrected chi connectivity index (χ2v) is 11.4. The number of nitrogens with one attached hydrogen (secondary N) is 2. The van der Waals surface area contributed by atoms with E-state index in [-0.39, 0.29) is 11.6 Å². The van der Waals surface area contributed by atoms with E-state index in [0.717, 1.165) is 50.4 Å². The standard InChI is InChI=1S/C30H37N5O2/c1-19(2)18-37-26-9-7-8-20(3)27(26)35-28(22-10-11-24-21(16-22)12-14-31-24)23-17-34(15-13-25(23)33-35)29(36)32-30(4,5)6/h7-12,14,16,19,31H,13,15,17-18H2,1-6H3,(H,32,36). The Bertz CT molecular complexity index is 1440. The van der Waals surface area contributed by atoms with Crippen molar-refractivity contribution in [2.24, 2.45) is 5.92 Å². The summed E-state index contributed by atoms with van der Waals surface area (Å²) in [5, 5.41) is 9.41. The molecule has 1 aliphatic heterocycles. The number of ether oxygens (including phenoxy) is 1. The van der Waals surface area contributed by atoms with Crippen molar-refractivity contribution in [3.8, 4) is 22.7 Å². The molecule has 194 valence electrons. The summed E-state index contributed by atoms with van der Waals surface area (Å²) in [6, 6.07) is 14.6. The maximum Gasteiger partial charge on any atom is 0.318 e. The summed E-state index contributed by atoms with van der Waals surface area (Å²) in [6.45, 7) is 14.2. The molecule has 0 aliphatic carbocycles. The maximum atomic E-state index is 13.1. The number of carbonyl (C=O) groups is 1. The van der Waals surface area contributed by atoms with E-state index in [1.54, 1.807) is 0 Å². The Morgan fingerprint density at radius 3 is 2.76 bits per heavy atom. The van der Waals surface area contributed by atoms with Crippen molar-refractivity contribution in [2.75, 3.05) is 13.2 Å². The Balaban J connectivity index is 1.66. The lowest BCUT2D eigenvalue weighted by molar-refractivity contribution is 0.183. The zero-order valence-electron chi connectivity index (χ0n) is 22.7. The molecule has 7 nitrogen and oxygen atoms in total. The predicted molar refractivity (Wildman–Crippen MR) is 148 cm³/mol. The quantitative estimate of drug-likeness (QED) is 0.342. The first-order valence-electron chi connectivity index (χ1n) is 13.1. The molecule has 0 saturated carbocycles. The number of hydrogen-bond acceptors (Lipinski definition) is 3. The van der Waals surface area contributed by atoms with Gasteiger partial charge in [0.15, 0.2) is 0 Å². The van der Waals surface area contributed by atoms with Gasteiger partial charge < -0.3 is 19.9 Å². The van der Waals surface area contributed by atoms with Crippen LogP contribution in [0.4, 0.5) is 4.79 Å². The summed E-state index contributed by atoms with van der Waals surface area (Å²) in [4.78, 5) is 18.3. The summed E-state index contributed by atoms with van der Waals surface area (Å²) in [6.07, 6.45) is 2.66. The van der Waals surface area contributed by atoms with Gasteiger partial charge in [0.25, 0.3) is 0 Å². The number of para-hydroxylation sites is 1. The molecular weight excluding hydrogens is 462 g/mol. The molecule has 1 aliphatic rings. The third kappa shape index (κ3) is 5.08. The third-order valence-corrected chi connectivity index (χ3v) is 6.61. The number of carbonyl (C=O) groups excluding carboxylic acids is 1. The SMILES string of the molecule is Cc1cccc(OCC(C)C)c1-n1nc2c(c1-c1ccc3[nH]ccc3c1)CN(C(=O)NC(C)(C)C)CC2. The van der Waals surface area contributed by atoms with Crippen LogP contribution >= 0.6 is 0 Å². The van der Waals surface area contributed by atoms with Gasteiger partial charge in [-0.25, -0.2) is 9.48 Å². The molecule has 2 aromatic heterocycles. The molecule has 5 rings (SSSR count). The molecule has 0 bridgehead atoms. The van der Waals surface area contributed by atoms with Gasteiger partial charge in [0.05, 0.1) is 24.5 Å². The summed E-state index contributed by atoms with van der Waals surface area (Å²) in [5.41, 5.74) is 7.02. The van der Waals surface area contributed by atoms with Gasteiger partial charge in [-0.05, 0) is 63.4 Å². The average Bonchev–Trinajstić information content (AvgIpc) is 3.45. The van der Waals surface area contributed by atoms with E-state index in [2.05, 4.69) is 66.1 Å². The Labute approximate surface area is 218 Å². The van der Waals surface area contributed by atoms with Gasteiger partial charge in [0.2, 0.25) is 0 Å². The molecule has 0 unspecified atom stereocenters. The Hall–Kier alpha value is -3.74. The molecule has 0 fully saturated rings. The third-order valence-electron chi connectivity index (χ3n) is 6.61. The van der Waals surface area contributed by atoms with E-state index in [0.29, 0.717) is 32.0 Å². The predicted octanol–water partition coefficient (Wildman–Crippen LogP) is 6.23. The van der Waals surface area contributed by atoms with Crippen LogP contribution in [0.1, 0.15) is 51.4 Å². The van der Waals surface area contributed by atoms with E-state index >= 15 is 0 Å². The van der Waals surface area contributed by atoms with Crippen molar-refractivity contribution >= 4 is 16.9 Å². The van der Waals surface area contributed by atoms with E-state index in [4.69, 9.17) is 9.84 Å². The lowest BCUT2D eigenvalue weighted by atomic mass is 9.99. The van der Waals surface area contributed by atoms with E-state index in [9.17, 15) is 4.79 Å². The number of fused-ring (bicyclic) bond motifs is 2. The second kappa shape index (κ2) is 9.61. The number of aromatic amines is 1. The van der Waals surface area contributed by atoms with Crippen LogP contribution in [0, 0.1) is 12.8 Å². The normalized spacial score (nSPS) is 13.8. The van der Waals surface area contributed by atoms with Gasteiger partial charge in [0.1, 0.15) is 11.4 Å². The van der Waals surface area contributed by atoms with Crippen molar-refractivity contribution in [2.45, 2.75) is 60.0 Å². The Kier molecular flexibility index (Phi) is 6.48. The van der Waals surface area contributed by atoms with Crippen LogP contribution in [0.2, 0.25) is 0 Å². The zero-order chi connectivity index (χ0) is 26.3. The summed E-state index contributed by atoms with van der Waals surface area (Å²) < 4.78 is 8.34. The minimum atomic E-state index is -0.298. The van der Waals surface area contributed by atoms with Crippen LogP contribution < -0.4 is 10.1 Å². The second-order valence-electron chi connectivity index (χ2n) is 11.4. The Morgan fingerprint density at radius 2 is 2.00 bits per heavy atom. The molecule has 37 heavy (non-hydrogen) atoms. The fourth-order valence-corrected chi connectivity index (χ4v) is 4.88. The van der Waals surface area contributed by atoms with Gasteiger partial charge >= 0.3 is 6.03 Å². The van der Waals surface area contributed by atoms with Gasteiger partial charge in [0, 0.05) is 46.7 Å². The number of hydrogen-bond donors (Lipinski definition) is 2. The lowest BCUT2D eigenvalue weighted by Gasteiger charge is -2.31. The number of nitrogens with zero attached hydrogens (tertiary/aromatic N) is 3. The summed E-state index contributed by atoms with van der Waals surface area (Å²) in [7, 11) is 0. The number of aryl methyl sites for hydroxylation is 1. The van der Waals surface area contributed by atoms with Crippen LogP contribution in [-0.4, -0.2) is 44.4 Å². The first-order chi connectivity index (χ1) is 17.6. The van der Waals surface area contributed by atoms with Crippen LogP contribution in [-0.2, 0) is 13.0 Å². The molecular formula is C30H37N5O2. The van der Waals surface area contributed by atoms with Crippen LogP contribution in [0.5, 0.6) is 5.75 Å². The highest BCUT2D eigenvalue weighted by Gasteiger charge is 2.31. The van der Waals surface area contributed by atoms with Gasteiger partial charge in [-0.3, -0.25) is 0 Å². The fourth-order valence-electron chi connectivity index (χ4n) is 4.88. The molecule has 4 aromatic rings. The van der Waals surface area contributed by atoms with E-state index < -0.39 is 0 Å². The molecule has 0 spiro atoms. The van der Waals surface area contributed by atoms with Crippen molar-refractivity contribution in [3.05, 3.63) is 65.5 Å². The van der Waals surface area contributed by atoms with E-state index in [1.165, 1.54) is 0 Å². The molecule has 2 aromatic carbocycles. The highest BCUT2D eigenvalue weighted by molar-refractivity contribution is 5.86. The topological polar surface area (TPSA) is 75.2 Å². The number of urea groups is 1. The minimum Gasteiger partial charge on any atom is -0.491 e. The summed E-state index contributed by atoms with van der Waals surface area (Å²) in [5.74, 6) is 1.23. The van der Waals surface area contributed by atoms with Crippen LogP contribution in [0.15, 0.2) is 48.7 Å². The number of H-pyrrole nitrogens is 1. The molecule has 7 heteroatoms. The van der Waals surface area contributed by atoms with Crippen molar-refractivity contribution in [1.82, 2.24) is 25.0 Å². The molecule has 0 atom stereocenters. The molecule has 0 radical (unpaired) electrons. The minimum absolute atomic E-state index is 0.0465. The monoisotopic (exact) mass is 499 g/mol. The van der Waals surface area contributed by atoms with Crippen LogP contribution in [0.3, 0.4) is 0 Å². The molecule has 2 amide bonds. The first-order valence-corrected chi connectivity index (χ1v) is 13.1. The largest absolute Gasteiger partial charge is 0.491 e. The van der Waals surface area contributed by atoms with Gasteiger partial charge in [-0.15, -0.1) is 0 Å². The highest BCUT2D eigenvalue weighted by atomic mass is 16.5. The number of rotatable bonds is 5. The van der Waals surface area contributed by atoms with Gasteiger partial charge in [-0.1, -0.05) is 32.0 Å². The highest BCUT2D eigenvalue weighted by Crippen LogP contribution is 2.37. The molecule has 2 N–H and O–H groups in total. The molecule has 3 heterocycles. The summed E-state index contributed by atoms with van der Waals surface area (Å²) >= 11 is 0. The number of aromatic nitrogens is 3. The number of amides is 2. The molecule has 0 saturated heterocycles. The van der Waals surface area contributed by atoms with Crippen molar-refractivity contribution in [1.29, 1.82) is 0 Å².